The summed E-state index contributed by atoms with van der Waals surface area (Å²) in [5.74, 6) is 0. The third-order valence-corrected chi connectivity index (χ3v) is 2.55. The van der Waals surface area contributed by atoms with Crippen molar-refractivity contribution in [3.63, 3.8) is 0 Å². The summed E-state index contributed by atoms with van der Waals surface area (Å²) in [7, 11) is 0. The van der Waals surface area contributed by atoms with Gasteiger partial charge in [-0.05, 0) is 56.4 Å². The van der Waals surface area contributed by atoms with E-state index < -0.39 is 0 Å². The maximum absolute atomic E-state index is 3.43. The standard InChI is InChI=1S/C12H17N/c1-9(2)13-12-7-6-10-4-3-5-11(10)8-12/h6-9,13H,3-5H2,1-2H3. The second kappa shape index (κ2) is 3.41. The molecule has 1 nitrogen and oxygen atoms in total. The van der Waals surface area contributed by atoms with E-state index in [1.165, 1.54) is 24.9 Å². The fraction of sp³-hybridized carbons (Fsp3) is 0.500. The lowest BCUT2D eigenvalue weighted by Crippen LogP contribution is -2.09. The van der Waals surface area contributed by atoms with Crippen LogP contribution in [0.5, 0.6) is 0 Å². The van der Waals surface area contributed by atoms with Crippen molar-refractivity contribution in [2.45, 2.75) is 39.2 Å². The Hall–Kier alpha value is -0.980. The number of hydrogen-bond donors (Lipinski definition) is 1. The van der Waals surface area contributed by atoms with Gasteiger partial charge in [0.2, 0.25) is 0 Å². The van der Waals surface area contributed by atoms with Crippen molar-refractivity contribution in [2.24, 2.45) is 0 Å². The summed E-state index contributed by atoms with van der Waals surface area (Å²) in [6.45, 7) is 4.35. The number of anilines is 1. The maximum atomic E-state index is 3.43. The highest BCUT2D eigenvalue weighted by Crippen LogP contribution is 2.24. The molecule has 0 aliphatic heterocycles. The first-order valence-corrected chi connectivity index (χ1v) is 5.14. The van der Waals surface area contributed by atoms with Crippen molar-refractivity contribution in [2.75, 3.05) is 5.32 Å². The molecule has 0 unspecified atom stereocenters. The summed E-state index contributed by atoms with van der Waals surface area (Å²) >= 11 is 0. The molecule has 0 aromatic heterocycles. The monoisotopic (exact) mass is 175 g/mol. The van der Waals surface area contributed by atoms with E-state index >= 15 is 0 Å². The van der Waals surface area contributed by atoms with E-state index in [-0.39, 0.29) is 0 Å². The summed E-state index contributed by atoms with van der Waals surface area (Å²) in [5.41, 5.74) is 4.37. The predicted molar refractivity (Wildman–Crippen MR) is 57.2 cm³/mol. The molecular weight excluding hydrogens is 158 g/mol. The van der Waals surface area contributed by atoms with Gasteiger partial charge >= 0.3 is 0 Å². The Morgan fingerprint density at radius 2 is 1.92 bits per heavy atom. The lowest BCUT2D eigenvalue weighted by atomic mass is 10.1. The molecular formula is C12H17N. The molecule has 0 bridgehead atoms. The molecule has 1 aliphatic rings. The Morgan fingerprint density at radius 1 is 1.15 bits per heavy atom. The van der Waals surface area contributed by atoms with Crippen LogP contribution in [0.3, 0.4) is 0 Å². The number of hydrogen-bond acceptors (Lipinski definition) is 1. The minimum atomic E-state index is 0.527. The second-order valence-electron chi connectivity index (χ2n) is 4.14. The van der Waals surface area contributed by atoms with Gasteiger partial charge in [-0.2, -0.15) is 0 Å². The first kappa shape index (κ1) is 8.61. The van der Waals surface area contributed by atoms with Gasteiger partial charge in [0.15, 0.2) is 0 Å². The zero-order valence-corrected chi connectivity index (χ0v) is 8.43. The number of nitrogens with one attached hydrogen (secondary N) is 1. The molecule has 13 heavy (non-hydrogen) atoms. The number of benzene rings is 1. The first-order valence-electron chi connectivity index (χ1n) is 5.14. The van der Waals surface area contributed by atoms with Gasteiger partial charge in [0, 0.05) is 11.7 Å². The highest BCUT2D eigenvalue weighted by Gasteiger charge is 2.10. The van der Waals surface area contributed by atoms with Crippen LogP contribution in [0.1, 0.15) is 31.4 Å². The highest BCUT2D eigenvalue weighted by atomic mass is 14.9. The average Bonchev–Trinajstić information content (AvgIpc) is 2.49. The molecule has 70 valence electrons. The minimum Gasteiger partial charge on any atom is -0.383 e. The molecule has 0 saturated carbocycles. The molecule has 0 saturated heterocycles. The van der Waals surface area contributed by atoms with Gasteiger partial charge in [0.25, 0.3) is 0 Å². The third kappa shape index (κ3) is 1.85. The SMILES string of the molecule is CC(C)Nc1ccc2c(c1)CCC2. The van der Waals surface area contributed by atoms with Crippen molar-refractivity contribution in [3.8, 4) is 0 Å². The van der Waals surface area contributed by atoms with E-state index in [4.69, 9.17) is 0 Å². The molecule has 1 aliphatic carbocycles. The molecule has 2 rings (SSSR count). The summed E-state index contributed by atoms with van der Waals surface area (Å²) in [6, 6.07) is 7.30. The Balaban J connectivity index is 2.21. The number of rotatable bonds is 2. The van der Waals surface area contributed by atoms with Crippen LogP contribution in [0, 0.1) is 0 Å². The van der Waals surface area contributed by atoms with E-state index in [0.29, 0.717) is 6.04 Å². The third-order valence-electron chi connectivity index (χ3n) is 2.55. The van der Waals surface area contributed by atoms with Crippen LogP contribution in [-0.2, 0) is 12.8 Å². The minimum absolute atomic E-state index is 0.527. The average molecular weight is 175 g/mol. The van der Waals surface area contributed by atoms with Gasteiger partial charge in [0.1, 0.15) is 0 Å². The Labute approximate surface area is 80.2 Å². The quantitative estimate of drug-likeness (QED) is 0.728. The van der Waals surface area contributed by atoms with Gasteiger partial charge in [-0.1, -0.05) is 6.07 Å². The van der Waals surface area contributed by atoms with E-state index in [1.54, 1.807) is 11.1 Å². The smallest absolute Gasteiger partial charge is 0.0345 e. The fourth-order valence-corrected chi connectivity index (χ4v) is 1.99. The van der Waals surface area contributed by atoms with E-state index in [2.05, 4.69) is 37.4 Å². The fourth-order valence-electron chi connectivity index (χ4n) is 1.99. The first-order chi connectivity index (χ1) is 6.25. The van der Waals surface area contributed by atoms with Crippen LogP contribution in [0.4, 0.5) is 5.69 Å². The van der Waals surface area contributed by atoms with Crippen molar-refractivity contribution in [3.05, 3.63) is 29.3 Å². The molecule has 0 radical (unpaired) electrons. The van der Waals surface area contributed by atoms with Gasteiger partial charge in [-0.3, -0.25) is 0 Å². The second-order valence-corrected chi connectivity index (χ2v) is 4.14. The molecule has 0 atom stereocenters. The van der Waals surface area contributed by atoms with Crippen LogP contribution in [-0.4, -0.2) is 6.04 Å². The molecule has 0 fully saturated rings. The normalized spacial score (nSPS) is 14.7. The molecule has 1 aromatic rings. The lowest BCUT2D eigenvalue weighted by Gasteiger charge is -2.11. The van der Waals surface area contributed by atoms with Crippen molar-refractivity contribution in [1.82, 2.24) is 0 Å². The summed E-state index contributed by atoms with van der Waals surface area (Å²) < 4.78 is 0. The van der Waals surface area contributed by atoms with Gasteiger partial charge in [0.05, 0.1) is 0 Å². The van der Waals surface area contributed by atoms with E-state index in [1.807, 2.05) is 0 Å². The van der Waals surface area contributed by atoms with Crippen molar-refractivity contribution >= 4 is 5.69 Å². The van der Waals surface area contributed by atoms with Crippen LogP contribution in [0.2, 0.25) is 0 Å². The molecule has 1 heteroatoms. The van der Waals surface area contributed by atoms with Crippen LogP contribution in [0.15, 0.2) is 18.2 Å². The zero-order valence-electron chi connectivity index (χ0n) is 8.43. The van der Waals surface area contributed by atoms with Gasteiger partial charge in [-0.15, -0.1) is 0 Å². The maximum Gasteiger partial charge on any atom is 0.0345 e. The summed E-state index contributed by atoms with van der Waals surface area (Å²) in [6.07, 6.45) is 3.88. The van der Waals surface area contributed by atoms with Crippen LogP contribution in [0.25, 0.3) is 0 Å². The summed E-state index contributed by atoms with van der Waals surface area (Å²) in [4.78, 5) is 0. The molecule has 0 heterocycles. The largest absolute Gasteiger partial charge is 0.383 e. The van der Waals surface area contributed by atoms with Crippen LogP contribution >= 0.6 is 0 Å². The molecule has 0 amide bonds. The number of aryl methyl sites for hydroxylation is 2. The zero-order chi connectivity index (χ0) is 9.26. The lowest BCUT2D eigenvalue weighted by molar-refractivity contribution is 0.898. The highest BCUT2D eigenvalue weighted by molar-refractivity contribution is 5.50. The molecule has 1 aromatic carbocycles. The van der Waals surface area contributed by atoms with Crippen molar-refractivity contribution < 1.29 is 0 Å². The molecule has 0 spiro atoms. The number of fused-ring (bicyclic) bond motifs is 1. The van der Waals surface area contributed by atoms with Gasteiger partial charge < -0.3 is 5.32 Å². The Kier molecular flexibility index (Phi) is 2.26. The van der Waals surface area contributed by atoms with Gasteiger partial charge in [-0.25, -0.2) is 0 Å². The Morgan fingerprint density at radius 3 is 2.69 bits per heavy atom. The topological polar surface area (TPSA) is 12.0 Å². The van der Waals surface area contributed by atoms with E-state index in [0.717, 1.165) is 0 Å². The summed E-state index contributed by atoms with van der Waals surface area (Å²) in [5, 5.41) is 3.43. The Bertz CT molecular complexity index is 302. The van der Waals surface area contributed by atoms with Crippen LogP contribution < -0.4 is 5.32 Å². The van der Waals surface area contributed by atoms with E-state index in [9.17, 15) is 0 Å². The molecule has 1 N–H and O–H groups in total. The predicted octanol–water partition coefficient (Wildman–Crippen LogP) is 3.00. The van der Waals surface area contributed by atoms with Crippen molar-refractivity contribution in [1.29, 1.82) is 0 Å².